The van der Waals surface area contributed by atoms with E-state index >= 15 is 0 Å². The lowest BCUT2D eigenvalue weighted by atomic mass is 9.92. The lowest BCUT2D eigenvalue weighted by molar-refractivity contribution is 0.122. The maximum Gasteiger partial charge on any atom is 0.149 e. The maximum absolute atomic E-state index is 6.50. The second-order valence-corrected chi connectivity index (χ2v) is 7.94. The third-order valence-corrected chi connectivity index (χ3v) is 5.92. The Kier molecular flexibility index (Phi) is 5.61. The molecule has 5 rings (SSSR count). The van der Waals surface area contributed by atoms with Crippen LogP contribution in [0.4, 0.5) is 11.4 Å². The Hall–Kier alpha value is -2.93. The molecule has 30 heavy (non-hydrogen) atoms. The van der Waals surface area contributed by atoms with Crippen molar-refractivity contribution in [1.29, 1.82) is 0 Å². The summed E-state index contributed by atoms with van der Waals surface area (Å²) in [7, 11) is 0. The molecule has 1 aliphatic carbocycles. The van der Waals surface area contributed by atoms with Crippen LogP contribution in [-0.2, 0) is 4.74 Å². The minimum absolute atomic E-state index is 0.200. The van der Waals surface area contributed by atoms with Crippen molar-refractivity contribution in [3.63, 3.8) is 0 Å². The summed E-state index contributed by atoms with van der Waals surface area (Å²) in [6.45, 7) is 3.28. The van der Waals surface area contributed by atoms with Gasteiger partial charge in [-0.2, -0.15) is 0 Å². The van der Waals surface area contributed by atoms with Crippen molar-refractivity contribution in [1.82, 2.24) is 15.0 Å². The van der Waals surface area contributed by atoms with Gasteiger partial charge in [0.1, 0.15) is 11.3 Å². The summed E-state index contributed by atoms with van der Waals surface area (Å²) < 4.78 is 12.0. The summed E-state index contributed by atoms with van der Waals surface area (Å²) in [5, 5.41) is 3.61. The van der Waals surface area contributed by atoms with Crippen molar-refractivity contribution in [2.45, 2.75) is 37.8 Å². The van der Waals surface area contributed by atoms with Gasteiger partial charge in [-0.1, -0.05) is 0 Å². The zero-order valence-corrected chi connectivity index (χ0v) is 17.0. The lowest BCUT2D eigenvalue weighted by Crippen LogP contribution is -2.36. The monoisotopic (exact) mass is 405 g/mol. The van der Waals surface area contributed by atoms with Crippen LogP contribution in [0.2, 0.25) is 0 Å². The SMILES string of the molecule is c1cc(N[C@H]2CC[C@@H](Oc3cc(N4CCOCC4)cc4nccnc34)CC2)ccn1. The fourth-order valence-electron chi connectivity index (χ4n) is 4.31. The first-order valence-electron chi connectivity index (χ1n) is 10.8. The van der Waals surface area contributed by atoms with Crippen LogP contribution < -0.4 is 15.0 Å². The number of hydrogen-bond donors (Lipinski definition) is 1. The van der Waals surface area contributed by atoms with E-state index in [9.17, 15) is 0 Å². The molecule has 0 unspecified atom stereocenters. The zero-order valence-electron chi connectivity index (χ0n) is 17.0. The number of nitrogens with one attached hydrogen (secondary N) is 1. The Bertz CT molecular complexity index is 970. The van der Waals surface area contributed by atoms with Crippen LogP contribution in [0.5, 0.6) is 5.75 Å². The van der Waals surface area contributed by atoms with Gasteiger partial charge in [0.25, 0.3) is 0 Å². The minimum Gasteiger partial charge on any atom is -0.488 e. The average Bonchev–Trinajstić information content (AvgIpc) is 2.81. The van der Waals surface area contributed by atoms with Crippen molar-refractivity contribution >= 4 is 22.4 Å². The molecule has 3 heterocycles. The van der Waals surface area contributed by atoms with E-state index in [1.807, 2.05) is 24.5 Å². The molecule has 0 radical (unpaired) electrons. The molecule has 0 atom stereocenters. The smallest absolute Gasteiger partial charge is 0.149 e. The average molecular weight is 406 g/mol. The predicted octanol–water partition coefficient (Wildman–Crippen LogP) is 3.66. The van der Waals surface area contributed by atoms with Gasteiger partial charge in [0.15, 0.2) is 0 Å². The Balaban J connectivity index is 1.29. The maximum atomic E-state index is 6.50. The first-order valence-corrected chi connectivity index (χ1v) is 10.8. The largest absolute Gasteiger partial charge is 0.488 e. The second kappa shape index (κ2) is 8.83. The molecule has 2 aromatic heterocycles. The fraction of sp³-hybridized carbons (Fsp3) is 0.435. The van der Waals surface area contributed by atoms with Gasteiger partial charge in [0.05, 0.1) is 24.8 Å². The third-order valence-electron chi connectivity index (χ3n) is 5.92. The molecule has 1 N–H and O–H groups in total. The van der Waals surface area contributed by atoms with Crippen LogP contribution in [0.3, 0.4) is 0 Å². The van der Waals surface area contributed by atoms with Crippen molar-refractivity contribution < 1.29 is 9.47 Å². The molecule has 156 valence electrons. The van der Waals surface area contributed by atoms with Gasteiger partial charge in [0, 0.05) is 61.4 Å². The molecule has 1 saturated heterocycles. The quantitative estimate of drug-likeness (QED) is 0.694. The first-order chi connectivity index (χ1) is 14.8. The number of fused-ring (bicyclic) bond motifs is 1. The number of hydrogen-bond acceptors (Lipinski definition) is 7. The highest BCUT2D eigenvalue weighted by atomic mass is 16.5. The topological polar surface area (TPSA) is 72.4 Å². The van der Waals surface area contributed by atoms with E-state index in [0.717, 1.165) is 80.1 Å². The van der Waals surface area contributed by atoms with Gasteiger partial charge in [-0.05, 0) is 43.9 Å². The number of aromatic nitrogens is 3. The van der Waals surface area contributed by atoms with E-state index in [0.29, 0.717) is 6.04 Å². The summed E-state index contributed by atoms with van der Waals surface area (Å²) in [5.74, 6) is 0.840. The molecule has 3 aromatic rings. The number of rotatable bonds is 5. The number of pyridine rings is 1. The Morgan fingerprint density at radius 2 is 1.70 bits per heavy atom. The highest BCUT2D eigenvalue weighted by Gasteiger charge is 2.24. The van der Waals surface area contributed by atoms with E-state index in [2.05, 4.69) is 37.3 Å². The Morgan fingerprint density at radius 3 is 2.50 bits per heavy atom. The Morgan fingerprint density at radius 1 is 0.933 bits per heavy atom. The predicted molar refractivity (Wildman–Crippen MR) is 117 cm³/mol. The highest BCUT2D eigenvalue weighted by Crippen LogP contribution is 2.33. The molecule has 1 aliphatic heterocycles. The summed E-state index contributed by atoms with van der Waals surface area (Å²) in [6, 6.07) is 8.75. The van der Waals surface area contributed by atoms with Crippen molar-refractivity contribution in [2.75, 3.05) is 36.5 Å². The third kappa shape index (κ3) is 4.31. The number of anilines is 2. The minimum atomic E-state index is 0.200. The van der Waals surface area contributed by atoms with E-state index in [4.69, 9.17) is 9.47 Å². The van der Waals surface area contributed by atoms with Gasteiger partial charge in [-0.15, -0.1) is 0 Å². The molecule has 7 heteroatoms. The summed E-state index contributed by atoms with van der Waals surface area (Å²) >= 11 is 0. The van der Waals surface area contributed by atoms with Crippen LogP contribution in [0.1, 0.15) is 25.7 Å². The number of ether oxygens (including phenoxy) is 2. The molecular formula is C23H27N5O2. The number of morpholine rings is 1. The fourth-order valence-corrected chi connectivity index (χ4v) is 4.31. The summed E-state index contributed by atoms with van der Waals surface area (Å²) in [6.07, 6.45) is 11.5. The van der Waals surface area contributed by atoms with Crippen LogP contribution in [0.15, 0.2) is 49.1 Å². The normalized spacial score (nSPS) is 22.1. The van der Waals surface area contributed by atoms with Crippen LogP contribution in [0, 0.1) is 0 Å². The van der Waals surface area contributed by atoms with E-state index in [-0.39, 0.29) is 6.10 Å². The van der Waals surface area contributed by atoms with E-state index in [1.165, 1.54) is 0 Å². The Labute approximate surface area is 176 Å². The van der Waals surface area contributed by atoms with Crippen molar-refractivity contribution in [2.24, 2.45) is 0 Å². The molecule has 2 fully saturated rings. The molecule has 2 aliphatic rings. The van der Waals surface area contributed by atoms with E-state index < -0.39 is 0 Å². The van der Waals surface area contributed by atoms with Crippen LogP contribution >= 0.6 is 0 Å². The van der Waals surface area contributed by atoms with Crippen molar-refractivity contribution in [3.8, 4) is 5.75 Å². The summed E-state index contributed by atoms with van der Waals surface area (Å²) in [5.41, 5.74) is 3.99. The molecule has 1 aromatic carbocycles. The highest BCUT2D eigenvalue weighted by molar-refractivity contribution is 5.85. The van der Waals surface area contributed by atoms with Gasteiger partial charge >= 0.3 is 0 Å². The molecule has 1 saturated carbocycles. The van der Waals surface area contributed by atoms with Crippen molar-refractivity contribution in [3.05, 3.63) is 49.1 Å². The lowest BCUT2D eigenvalue weighted by Gasteiger charge is -2.31. The van der Waals surface area contributed by atoms with Gasteiger partial charge in [-0.3, -0.25) is 9.97 Å². The number of benzene rings is 1. The summed E-state index contributed by atoms with van der Waals surface area (Å²) in [4.78, 5) is 15.5. The molecule has 0 bridgehead atoms. The standard InChI is InChI=1S/C23H27N5O2/c1-3-20(4-2-17(1)27-18-5-7-24-8-6-18)30-22-16-19(28-11-13-29-14-12-28)15-21-23(22)26-10-9-25-21/h5-10,15-17,20H,1-4,11-14H2,(H,24,27)/t17-,20+. The van der Waals surface area contributed by atoms with E-state index in [1.54, 1.807) is 12.4 Å². The molecule has 0 amide bonds. The number of nitrogens with zero attached hydrogens (tertiary/aromatic N) is 4. The second-order valence-electron chi connectivity index (χ2n) is 7.94. The first kappa shape index (κ1) is 19.1. The molecule has 7 nitrogen and oxygen atoms in total. The van der Waals surface area contributed by atoms with Gasteiger partial charge < -0.3 is 19.7 Å². The van der Waals surface area contributed by atoms with Gasteiger partial charge in [-0.25, -0.2) is 4.98 Å². The van der Waals surface area contributed by atoms with Crippen LogP contribution in [-0.4, -0.2) is 53.4 Å². The van der Waals surface area contributed by atoms with Crippen LogP contribution in [0.25, 0.3) is 11.0 Å². The zero-order chi connectivity index (χ0) is 20.2. The molecule has 0 spiro atoms. The van der Waals surface area contributed by atoms with Gasteiger partial charge in [0.2, 0.25) is 0 Å². The molecular weight excluding hydrogens is 378 g/mol.